The standard InChI is InChI=1S/C25H32N2O4S/c28-24(27-16-13-21(14-17-27)25(29)20-7-2-1-3-8-20)12-15-26-32(30,31)23-11-10-19-6-4-5-9-22(19)18-23/h1-3,7-8,10-11,18,21,25-26,29H,4-6,9,12-17H2. The number of aliphatic hydroxyl groups is 1. The smallest absolute Gasteiger partial charge is 0.240 e. The molecule has 1 amide bonds. The molecule has 2 N–H and O–H groups in total. The molecule has 1 heterocycles. The Bertz CT molecular complexity index is 1030. The van der Waals surface area contributed by atoms with Crippen molar-refractivity contribution >= 4 is 15.9 Å². The maximum absolute atomic E-state index is 12.7. The Hall–Kier alpha value is -2.22. The molecule has 0 radical (unpaired) electrons. The third kappa shape index (κ3) is 5.39. The molecular weight excluding hydrogens is 424 g/mol. The van der Waals surface area contributed by atoms with E-state index in [2.05, 4.69) is 4.72 Å². The zero-order chi connectivity index (χ0) is 22.6. The highest BCUT2D eigenvalue weighted by Crippen LogP contribution is 2.30. The van der Waals surface area contributed by atoms with Gasteiger partial charge in [-0.05, 0) is 73.3 Å². The van der Waals surface area contributed by atoms with E-state index in [9.17, 15) is 18.3 Å². The van der Waals surface area contributed by atoms with Crippen LogP contribution in [-0.4, -0.2) is 44.0 Å². The lowest BCUT2D eigenvalue weighted by atomic mass is 9.87. The van der Waals surface area contributed by atoms with Crippen LogP contribution in [0.2, 0.25) is 0 Å². The molecule has 2 aliphatic rings. The van der Waals surface area contributed by atoms with Crippen LogP contribution in [-0.2, 0) is 27.7 Å². The summed E-state index contributed by atoms with van der Waals surface area (Å²) in [5, 5.41) is 10.6. The van der Waals surface area contributed by atoms with E-state index in [4.69, 9.17) is 0 Å². The highest BCUT2D eigenvalue weighted by atomic mass is 32.2. The van der Waals surface area contributed by atoms with Crippen molar-refractivity contribution in [2.75, 3.05) is 19.6 Å². The molecule has 1 fully saturated rings. The predicted molar refractivity (Wildman–Crippen MR) is 124 cm³/mol. The number of likely N-dealkylation sites (tertiary alicyclic amines) is 1. The molecule has 2 aromatic rings. The average molecular weight is 457 g/mol. The van der Waals surface area contributed by atoms with E-state index in [1.54, 1.807) is 17.0 Å². The van der Waals surface area contributed by atoms with Crippen molar-refractivity contribution in [1.82, 2.24) is 9.62 Å². The number of aryl methyl sites for hydroxylation is 2. The molecule has 0 bridgehead atoms. The van der Waals surface area contributed by atoms with Crippen LogP contribution in [0.3, 0.4) is 0 Å². The van der Waals surface area contributed by atoms with Crippen LogP contribution in [0.25, 0.3) is 0 Å². The summed E-state index contributed by atoms with van der Waals surface area (Å²) in [6, 6.07) is 15.0. The maximum Gasteiger partial charge on any atom is 0.240 e. The molecule has 7 heteroatoms. The van der Waals surface area contributed by atoms with Gasteiger partial charge in [-0.3, -0.25) is 4.79 Å². The molecule has 1 unspecified atom stereocenters. The highest BCUT2D eigenvalue weighted by Gasteiger charge is 2.28. The van der Waals surface area contributed by atoms with Gasteiger partial charge in [0.15, 0.2) is 0 Å². The molecule has 172 valence electrons. The zero-order valence-electron chi connectivity index (χ0n) is 18.4. The number of benzene rings is 2. The van der Waals surface area contributed by atoms with E-state index in [-0.39, 0.29) is 29.7 Å². The number of carbonyl (C=O) groups is 1. The van der Waals surface area contributed by atoms with Crippen LogP contribution >= 0.6 is 0 Å². The van der Waals surface area contributed by atoms with Gasteiger partial charge in [-0.25, -0.2) is 13.1 Å². The van der Waals surface area contributed by atoms with Crippen molar-refractivity contribution in [3.63, 3.8) is 0 Å². The Morgan fingerprint density at radius 1 is 1.03 bits per heavy atom. The van der Waals surface area contributed by atoms with E-state index in [0.717, 1.165) is 49.7 Å². The van der Waals surface area contributed by atoms with Crippen molar-refractivity contribution in [3.8, 4) is 0 Å². The minimum absolute atomic E-state index is 0.0502. The predicted octanol–water partition coefficient (Wildman–Crippen LogP) is 3.21. The van der Waals surface area contributed by atoms with E-state index in [0.29, 0.717) is 13.1 Å². The first kappa shape index (κ1) is 23.0. The third-order valence-corrected chi connectivity index (χ3v) is 8.20. The molecule has 1 saturated heterocycles. The molecular formula is C25H32N2O4S. The largest absolute Gasteiger partial charge is 0.388 e. The topological polar surface area (TPSA) is 86.7 Å². The molecule has 4 rings (SSSR count). The number of sulfonamides is 1. The SMILES string of the molecule is O=C(CCNS(=O)(=O)c1ccc2c(c1)CCCC2)N1CCC(C(O)c2ccccc2)CC1. The van der Waals surface area contributed by atoms with E-state index < -0.39 is 16.1 Å². The Kier molecular flexibility index (Phi) is 7.28. The van der Waals surface area contributed by atoms with Crippen molar-refractivity contribution in [2.45, 2.75) is 55.9 Å². The number of fused-ring (bicyclic) bond motifs is 1. The number of hydrogen-bond acceptors (Lipinski definition) is 4. The number of carbonyl (C=O) groups excluding carboxylic acids is 1. The van der Waals surface area contributed by atoms with Crippen LogP contribution in [0, 0.1) is 5.92 Å². The van der Waals surface area contributed by atoms with Gasteiger partial charge >= 0.3 is 0 Å². The first-order chi connectivity index (χ1) is 15.4. The molecule has 0 saturated carbocycles. The lowest BCUT2D eigenvalue weighted by Gasteiger charge is -2.34. The number of aliphatic hydroxyl groups excluding tert-OH is 1. The summed E-state index contributed by atoms with van der Waals surface area (Å²) in [7, 11) is -3.62. The normalized spacial score (nSPS) is 18.2. The van der Waals surface area contributed by atoms with Crippen LogP contribution in [0.5, 0.6) is 0 Å². The number of rotatable bonds is 7. The third-order valence-electron chi connectivity index (χ3n) is 6.74. The van der Waals surface area contributed by atoms with E-state index in [1.807, 2.05) is 36.4 Å². The average Bonchev–Trinajstić information content (AvgIpc) is 2.83. The number of piperidine rings is 1. The Morgan fingerprint density at radius 3 is 2.44 bits per heavy atom. The Labute approximate surface area is 190 Å². The van der Waals surface area contributed by atoms with Crippen LogP contribution < -0.4 is 4.72 Å². The monoisotopic (exact) mass is 456 g/mol. The van der Waals surface area contributed by atoms with E-state index in [1.165, 1.54) is 5.56 Å². The van der Waals surface area contributed by atoms with Crippen molar-refractivity contribution in [3.05, 3.63) is 65.2 Å². The van der Waals surface area contributed by atoms with E-state index >= 15 is 0 Å². The summed E-state index contributed by atoms with van der Waals surface area (Å²) < 4.78 is 27.9. The molecule has 32 heavy (non-hydrogen) atoms. The Morgan fingerprint density at radius 2 is 1.72 bits per heavy atom. The first-order valence-corrected chi connectivity index (χ1v) is 13.0. The number of nitrogens with one attached hydrogen (secondary N) is 1. The molecule has 1 aliphatic heterocycles. The fourth-order valence-corrected chi connectivity index (χ4v) is 5.88. The zero-order valence-corrected chi connectivity index (χ0v) is 19.2. The molecule has 1 atom stereocenters. The highest BCUT2D eigenvalue weighted by molar-refractivity contribution is 7.89. The fourth-order valence-electron chi connectivity index (χ4n) is 4.80. The molecule has 0 spiro atoms. The summed E-state index contributed by atoms with van der Waals surface area (Å²) in [6.45, 7) is 1.26. The molecule has 1 aliphatic carbocycles. The summed E-state index contributed by atoms with van der Waals surface area (Å²) >= 11 is 0. The van der Waals surface area contributed by atoms with Gasteiger partial charge < -0.3 is 10.0 Å². The second kappa shape index (κ2) is 10.1. The second-order valence-electron chi connectivity index (χ2n) is 8.86. The Balaban J connectivity index is 1.25. The summed E-state index contributed by atoms with van der Waals surface area (Å²) in [6.07, 6.45) is 5.28. The van der Waals surface area contributed by atoms with Crippen molar-refractivity contribution in [2.24, 2.45) is 5.92 Å². The van der Waals surface area contributed by atoms with Crippen LogP contribution in [0.1, 0.15) is 54.9 Å². The van der Waals surface area contributed by atoms with Gasteiger partial charge in [0, 0.05) is 26.1 Å². The second-order valence-corrected chi connectivity index (χ2v) is 10.6. The minimum atomic E-state index is -3.62. The van der Waals surface area contributed by atoms with Crippen LogP contribution in [0.4, 0.5) is 0 Å². The quantitative estimate of drug-likeness (QED) is 0.670. The lowest BCUT2D eigenvalue weighted by molar-refractivity contribution is -0.133. The van der Waals surface area contributed by atoms with Crippen molar-refractivity contribution in [1.29, 1.82) is 0 Å². The summed E-state index contributed by atoms with van der Waals surface area (Å²) in [5.41, 5.74) is 3.27. The lowest BCUT2D eigenvalue weighted by Crippen LogP contribution is -2.41. The summed E-state index contributed by atoms with van der Waals surface area (Å²) in [5.74, 6) is 0.0785. The molecule has 0 aromatic heterocycles. The van der Waals surface area contributed by atoms with Gasteiger partial charge in [0.1, 0.15) is 0 Å². The fraction of sp³-hybridized carbons (Fsp3) is 0.480. The number of amides is 1. The van der Waals surface area contributed by atoms with Gasteiger partial charge in [0.25, 0.3) is 0 Å². The molecule has 6 nitrogen and oxygen atoms in total. The van der Waals surface area contributed by atoms with Gasteiger partial charge in [0.05, 0.1) is 11.0 Å². The maximum atomic E-state index is 12.7. The van der Waals surface area contributed by atoms with Crippen LogP contribution in [0.15, 0.2) is 53.4 Å². The number of hydrogen-bond donors (Lipinski definition) is 2. The van der Waals surface area contributed by atoms with Crippen molar-refractivity contribution < 1.29 is 18.3 Å². The first-order valence-electron chi connectivity index (χ1n) is 11.6. The van der Waals surface area contributed by atoms with Gasteiger partial charge in [-0.1, -0.05) is 36.4 Å². The van der Waals surface area contributed by atoms with Gasteiger partial charge in [-0.15, -0.1) is 0 Å². The van der Waals surface area contributed by atoms with Gasteiger partial charge in [0.2, 0.25) is 15.9 Å². The summed E-state index contributed by atoms with van der Waals surface area (Å²) in [4.78, 5) is 14.6. The minimum Gasteiger partial charge on any atom is -0.388 e. The molecule has 2 aromatic carbocycles. The number of nitrogens with zero attached hydrogens (tertiary/aromatic N) is 1. The van der Waals surface area contributed by atoms with Gasteiger partial charge in [-0.2, -0.15) is 0 Å².